The second-order valence-electron chi connectivity index (χ2n) is 4.34. The number of esters is 1. The van der Waals surface area contributed by atoms with Crippen LogP contribution in [0.1, 0.15) is 36.1 Å². The minimum atomic E-state index is -0.798. The highest BCUT2D eigenvalue weighted by Crippen LogP contribution is 2.28. The molecule has 0 heterocycles. The molecule has 0 aromatic heterocycles. The lowest BCUT2D eigenvalue weighted by Gasteiger charge is -2.21. The van der Waals surface area contributed by atoms with Crippen LogP contribution in [0, 0.1) is 19.8 Å². The van der Waals surface area contributed by atoms with Gasteiger partial charge in [-0.1, -0.05) is 30.7 Å². The van der Waals surface area contributed by atoms with Crippen LogP contribution in [-0.4, -0.2) is 18.2 Å². The van der Waals surface area contributed by atoms with E-state index in [1.165, 1.54) is 7.11 Å². The molecule has 17 heavy (non-hydrogen) atoms. The normalized spacial score (nSPS) is 14.2. The van der Waals surface area contributed by atoms with Crippen molar-refractivity contribution in [3.63, 3.8) is 0 Å². The standard InChI is InChI=1S/C14H20O3/c1-5-11(14(16)17-4)13(15)12-7-6-9(2)8-10(12)3/h6-8,11,13,15H,5H2,1-4H3. The molecule has 0 amide bonds. The Labute approximate surface area is 102 Å². The lowest BCUT2D eigenvalue weighted by Crippen LogP contribution is -2.23. The van der Waals surface area contributed by atoms with Gasteiger partial charge < -0.3 is 9.84 Å². The van der Waals surface area contributed by atoms with Gasteiger partial charge in [0.2, 0.25) is 0 Å². The third kappa shape index (κ3) is 3.07. The summed E-state index contributed by atoms with van der Waals surface area (Å²) in [6.45, 7) is 5.81. The van der Waals surface area contributed by atoms with Gasteiger partial charge in [0, 0.05) is 0 Å². The molecule has 0 aliphatic carbocycles. The van der Waals surface area contributed by atoms with Crippen LogP contribution in [-0.2, 0) is 9.53 Å². The van der Waals surface area contributed by atoms with E-state index >= 15 is 0 Å². The van der Waals surface area contributed by atoms with Gasteiger partial charge in [-0.05, 0) is 31.4 Å². The summed E-state index contributed by atoms with van der Waals surface area (Å²) >= 11 is 0. The summed E-state index contributed by atoms with van der Waals surface area (Å²) in [4.78, 5) is 11.6. The van der Waals surface area contributed by atoms with Crippen LogP contribution in [0.2, 0.25) is 0 Å². The quantitative estimate of drug-likeness (QED) is 0.817. The molecule has 0 aliphatic rings. The second-order valence-corrected chi connectivity index (χ2v) is 4.34. The molecule has 1 rings (SSSR count). The Hall–Kier alpha value is -1.35. The summed E-state index contributed by atoms with van der Waals surface area (Å²) < 4.78 is 4.71. The number of aryl methyl sites for hydroxylation is 2. The summed E-state index contributed by atoms with van der Waals surface area (Å²) in [6.07, 6.45) is -0.241. The van der Waals surface area contributed by atoms with Crippen LogP contribution in [0.15, 0.2) is 18.2 Å². The zero-order chi connectivity index (χ0) is 13.0. The summed E-state index contributed by atoms with van der Waals surface area (Å²) in [5.41, 5.74) is 2.94. The highest BCUT2D eigenvalue weighted by atomic mass is 16.5. The van der Waals surface area contributed by atoms with Crippen LogP contribution in [0.5, 0.6) is 0 Å². The van der Waals surface area contributed by atoms with Crippen LogP contribution in [0.25, 0.3) is 0 Å². The lowest BCUT2D eigenvalue weighted by atomic mass is 9.90. The van der Waals surface area contributed by atoms with Crippen molar-refractivity contribution in [1.82, 2.24) is 0 Å². The fraction of sp³-hybridized carbons (Fsp3) is 0.500. The van der Waals surface area contributed by atoms with Gasteiger partial charge in [-0.25, -0.2) is 0 Å². The molecule has 2 atom stereocenters. The Bertz CT molecular complexity index is 398. The molecule has 1 aromatic carbocycles. The Kier molecular flexibility index (Phi) is 4.70. The molecule has 0 aliphatic heterocycles. The number of ether oxygens (including phenoxy) is 1. The number of aliphatic hydroxyl groups is 1. The number of carbonyl (C=O) groups excluding carboxylic acids is 1. The zero-order valence-electron chi connectivity index (χ0n) is 10.9. The third-order valence-corrected chi connectivity index (χ3v) is 3.07. The van der Waals surface area contributed by atoms with Crippen LogP contribution in [0.4, 0.5) is 0 Å². The molecule has 2 unspecified atom stereocenters. The molecule has 3 heteroatoms. The zero-order valence-corrected chi connectivity index (χ0v) is 10.9. The number of hydrogen-bond acceptors (Lipinski definition) is 3. The summed E-state index contributed by atoms with van der Waals surface area (Å²) in [5.74, 6) is -0.860. The number of rotatable bonds is 4. The van der Waals surface area contributed by atoms with E-state index in [-0.39, 0.29) is 5.97 Å². The largest absolute Gasteiger partial charge is 0.469 e. The van der Waals surface area contributed by atoms with E-state index in [9.17, 15) is 9.90 Å². The van der Waals surface area contributed by atoms with Gasteiger partial charge >= 0.3 is 5.97 Å². The second kappa shape index (κ2) is 5.82. The number of hydrogen-bond donors (Lipinski definition) is 1. The predicted molar refractivity (Wildman–Crippen MR) is 66.7 cm³/mol. The van der Waals surface area contributed by atoms with Crippen molar-refractivity contribution >= 4 is 5.97 Å². The van der Waals surface area contributed by atoms with Gasteiger partial charge in [0.25, 0.3) is 0 Å². The Morgan fingerprint density at radius 3 is 2.53 bits per heavy atom. The maximum atomic E-state index is 11.6. The highest BCUT2D eigenvalue weighted by Gasteiger charge is 2.28. The van der Waals surface area contributed by atoms with Crippen LogP contribution < -0.4 is 0 Å². The molecule has 1 aromatic rings. The first-order valence-corrected chi connectivity index (χ1v) is 5.84. The predicted octanol–water partition coefficient (Wildman–Crippen LogP) is 2.54. The summed E-state index contributed by atoms with van der Waals surface area (Å²) in [6, 6.07) is 5.82. The van der Waals surface area contributed by atoms with Gasteiger partial charge in [-0.15, -0.1) is 0 Å². The maximum Gasteiger partial charge on any atom is 0.311 e. The minimum absolute atomic E-state index is 0.361. The smallest absolute Gasteiger partial charge is 0.311 e. The first-order chi connectivity index (χ1) is 8.01. The van der Waals surface area contributed by atoms with Gasteiger partial charge in [-0.3, -0.25) is 4.79 Å². The van der Waals surface area contributed by atoms with E-state index in [1.807, 2.05) is 39.0 Å². The molecular formula is C14H20O3. The first-order valence-electron chi connectivity index (χ1n) is 5.84. The van der Waals surface area contributed by atoms with Gasteiger partial charge in [-0.2, -0.15) is 0 Å². The summed E-state index contributed by atoms with van der Waals surface area (Å²) in [7, 11) is 1.35. The van der Waals surface area contributed by atoms with Crippen LogP contribution in [0.3, 0.4) is 0 Å². The van der Waals surface area contributed by atoms with Crippen molar-refractivity contribution < 1.29 is 14.6 Å². The molecule has 3 nitrogen and oxygen atoms in total. The Morgan fingerprint density at radius 2 is 2.06 bits per heavy atom. The van der Waals surface area contributed by atoms with Crippen molar-refractivity contribution in [2.75, 3.05) is 7.11 Å². The average molecular weight is 236 g/mol. The van der Waals surface area contributed by atoms with Gasteiger partial charge in [0.15, 0.2) is 0 Å². The van der Waals surface area contributed by atoms with Crippen LogP contribution >= 0.6 is 0 Å². The van der Waals surface area contributed by atoms with Crippen molar-refractivity contribution in [1.29, 1.82) is 0 Å². The van der Waals surface area contributed by atoms with Gasteiger partial charge in [0.05, 0.1) is 19.1 Å². The Morgan fingerprint density at radius 1 is 1.41 bits per heavy atom. The van der Waals surface area contributed by atoms with E-state index in [4.69, 9.17) is 4.74 Å². The topological polar surface area (TPSA) is 46.5 Å². The number of methoxy groups -OCH3 is 1. The minimum Gasteiger partial charge on any atom is -0.469 e. The lowest BCUT2D eigenvalue weighted by molar-refractivity contribution is -0.149. The number of aliphatic hydroxyl groups excluding tert-OH is 1. The van der Waals surface area contributed by atoms with Crippen molar-refractivity contribution in [2.24, 2.45) is 5.92 Å². The van der Waals surface area contributed by atoms with Crippen molar-refractivity contribution in [3.8, 4) is 0 Å². The molecule has 0 saturated heterocycles. The molecule has 0 spiro atoms. The molecular weight excluding hydrogens is 216 g/mol. The number of benzene rings is 1. The highest BCUT2D eigenvalue weighted by molar-refractivity contribution is 5.73. The van der Waals surface area contributed by atoms with Crippen molar-refractivity contribution in [3.05, 3.63) is 34.9 Å². The Balaban J connectivity index is 3.01. The van der Waals surface area contributed by atoms with Crippen molar-refractivity contribution in [2.45, 2.75) is 33.3 Å². The average Bonchev–Trinajstić information content (AvgIpc) is 2.29. The molecule has 0 bridgehead atoms. The fourth-order valence-corrected chi connectivity index (χ4v) is 2.04. The number of carbonyl (C=O) groups is 1. The molecule has 0 fully saturated rings. The van der Waals surface area contributed by atoms with E-state index in [1.54, 1.807) is 0 Å². The SMILES string of the molecule is CCC(C(=O)OC)C(O)c1ccc(C)cc1C. The molecule has 94 valence electrons. The van der Waals surface area contributed by atoms with E-state index < -0.39 is 12.0 Å². The monoisotopic (exact) mass is 236 g/mol. The van der Waals surface area contributed by atoms with E-state index in [0.29, 0.717) is 6.42 Å². The van der Waals surface area contributed by atoms with E-state index in [0.717, 1.165) is 16.7 Å². The molecule has 1 N–H and O–H groups in total. The molecule has 0 radical (unpaired) electrons. The van der Waals surface area contributed by atoms with Gasteiger partial charge in [0.1, 0.15) is 0 Å². The van der Waals surface area contributed by atoms with E-state index in [2.05, 4.69) is 0 Å². The summed E-state index contributed by atoms with van der Waals surface area (Å²) in [5, 5.41) is 10.3. The molecule has 0 saturated carbocycles. The maximum absolute atomic E-state index is 11.6. The fourth-order valence-electron chi connectivity index (χ4n) is 2.04. The first kappa shape index (κ1) is 13.7. The third-order valence-electron chi connectivity index (χ3n) is 3.07.